The molecule has 2 atom stereocenters. The zero-order valence-electron chi connectivity index (χ0n) is 20.8. The number of sulfonamides is 1. The number of carboxylic acids is 1. The summed E-state index contributed by atoms with van der Waals surface area (Å²) in [5, 5.41) is 9.52. The molecule has 0 unspecified atom stereocenters. The van der Waals surface area contributed by atoms with Crippen molar-refractivity contribution in [1.29, 1.82) is 0 Å². The van der Waals surface area contributed by atoms with Crippen molar-refractivity contribution in [1.82, 2.24) is 4.31 Å². The highest BCUT2D eigenvalue weighted by molar-refractivity contribution is 7.89. The lowest BCUT2D eigenvalue weighted by atomic mass is 9.79. The zero-order valence-corrected chi connectivity index (χ0v) is 21.7. The Morgan fingerprint density at radius 1 is 1.11 bits per heavy atom. The molecule has 3 N–H and O–H groups in total. The molecule has 1 saturated heterocycles. The van der Waals surface area contributed by atoms with Crippen molar-refractivity contribution in [2.45, 2.75) is 30.6 Å². The largest absolute Gasteiger partial charge is 0.493 e. The number of methoxy groups -OCH3 is 2. The molecule has 0 spiro atoms. The van der Waals surface area contributed by atoms with Gasteiger partial charge in [-0.25, -0.2) is 8.42 Å². The third-order valence-corrected chi connectivity index (χ3v) is 9.01. The van der Waals surface area contributed by atoms with E-state index in [-0.39, 0.29) is 41.8 Å². The van der Waals surface area contributed by atoms with Gasteiger partial charge >= 0.3 is 5.97 Å². The normalized spacial score (nSPS) is 20.0. The van der Waals surface area contributed by atoms with Gasteiger partial charge in [0.25, 0.3) is 0 Å². The highest BCUT2D eigenvalue weighted by atomic mass is 32.2. The summed E-state index contributed by atoms with van der Waals surface area (Å²) in [6.45, 7) is 0.963. The summed E-state index contributed by atoms with van der Waals surface area (Å²) >= 11 is 0. The van der Waals surface area contributed by atoms with Crippen molar-refractivity contribution >= 4 is 27.6 Å². The SMILES string of the molecule is COc1cc2c(cc1OC)C(C[C@H]1CN(S(=O)(=O)c3ccc(C(N)=O)cc3)CC[C@H]1CC(=O)O)=NCC2. The molecule has 2 aliphatic rings. The minimum Gasteiger partial charge on any atom is -0.493 e. The van der Waals surface area contributed by atoms with Gasteiger partial charge < -0.3 is 20.3 Å². The highest BCUT2D eigenvalue weighted by Gasteiger charge is 2.37. The number of carbonyl (C=O) groups excluding carboxylic acids is 1. The van der Waals surface area contributed by atoms with Crippen LogP contribution in [0.15, 0.2) is 46.3 Å². The van der Waals surface area contributed by atoms with E-state index in [2.05, 4.69) is 0 Å². The van der Waals surface area contributed by atoms with Gasteiger partial charge in [0.1, 0.15) is 0 Å². The number of carbonyl (C=O) groups is 2. The number of rotatable bonds is 9. The Hall–Kier alpha value is -3.44. The second kappa shape index (κ2) is 10.9. The fourth-order valence-electron chi connectivity index (χ4n) is 5.15. The zero-order chi connectivity index (χ0) is 26.7. The van der Waals surface area contributed by atoms with Crippen LogP contribution < -0.4 is 15.2 Å². The van der Waals surface area contributed by atoms with Crippen LogP contribution in [0, 0.1) is 11.8 Å². The van der Waals surface area contributed by atoms with Gasteiger partial charge in [-0.15, -0.1) is 0 Å². The van der Waals surface area contributed by atoms with Crippen LogP contribution >= 0.6 is 0 Å². The van der Waals surface area contributed by atoms with Crippen LogP contribution in [0.1, 0.15) is 40.7 Å². The molecule has 2 aromatic rings. The van der Waals surface area contributed by atoms with Crippen molar-refractivity contribution < 1.29 is 32.6 Å². The molecule has 0 aromatic heterocycles. The molecule has 11 heteroatoms. The lowest BCUT2D eigenvalue weighted by molar-refractivity contribution is -0.138. The third kappa shape index (κ3) is 5.62. The third-order valence-electron chi connectivity index (χ3n) is 7.13. The topological polar surface area (TPSA) is 149 Å². The molecule has 10 nitrogen and oxygen atoms in total. The van der Waals surface area contributed by atoms with Crippen LogP contribution in [0.3, 0.4) is 0 Å². The van der Waals surface area contributed by atoms with Gasteiger partial charge in [-0.1, -0.05) is 0 Å². The first-order valence-electron chi connectivity index (χ1n) is 12.0. The number of hydrogen-bond acceptors (Lipinski definition) is 7. The van der Waals surface area contributed by atoms with E-state index in [0.717, 1.165) is 23.3 Å². The summed E-state index contributed by atoms with van der Waals surface area (Å²) in [6, 6.07) is 9.34. The molecule has 2 aliphatic heterocycles. The maximum Gasteiger partial charge on any atom is 0.303 e. The Morgan fingerprint density at radius 2 is 1.78 bits per heavy atom. The number of primary amides is 1. The molecule has 2 heterocycles. The number of hydrogen-bond donors (Lipinski definition) is 2. The van der Waals surface area contributed by atoms with E-state index < -0.39 is 21.9 Å². The lowest BCUT2D eigenvalue weighted by Gasteiger charge is -2.38. The molecular weight excluding hydrogens is 498 g/mol. The number of fused-ring (bicyclic) bond motifs is 1. The summed E-state index contributed by atoms with van der Waals surface area (Å²) < 4.78 is 39.1. The summed E-state index contributed by atoms with van der Waals surface area (Å²) in [6.07, 6.45) is 1.55. The molecule has 0 bridgehead atoms. The Kier molecular flexibility index (Phi) is 7.84. The average Bonchev–Trinajstić information content (AvgIpc) is 2.88. The average molecular weight is 530 g/mol. The van der Waals surface area contributed by atoms with Crippen LogP contribution in [0.25, 0.3) is 0 Å². The number of aliphatic imine (C=N–C) groups is 1. The minimum atomic E-state index is -3.85. The Morgan fingerprint density at radius 3 is 2.41 bits per heavy atom. The second-order valence-electron chi connectivity index (χ2n) is 9.31. The Labute approximate surface area is 216 Å². The van der Waals surface area contributed by atoms with Crippen molar-refractivity contribution in [3.05, 3.63) is 53.1 Å². The fraction of sp³-hybridized carbons (Fsp3) is 0.423. The molecule has 1 amide bonds. The van der Waals surface area contributed by atoms with Crippen molar-refractivity contribution in [2.24, 2.45) is 22.6 Å². The van der Waals surface area contributed by atoms with E-state index in [4.69, 9.17) is 20.2 Å². The predicted octanol–water partition coefficient (Wildman–Crippen LogP) is 2.34. The van der Waals surface area contributed by atoms with E-state index in [1.165, 1.54) is 28.6 Å². The van der Waals surface area contributed by atoms with E-state index in [0.29, 0.717) is 30.9 Å². The fourth-order valence-corrected chi connectivity index (χ4v) is 6.66. The smallest absolute Gasteiger partial charge is 0.303 e. The summed E-state index contributed by atoms with van der Waals surface area (Å²) in [4.78, 5) is 27.8. The molecule has 1 fully saturated rings. The maximum atomic E-state index is 13.4. The number of nitrogens with two attached hydrogens (primary N) is 1. The van der Waals surface area contributed by atoms with E-state index in [1.807, 2.05) is 12.1 Å². The lowest BCUT2D eigenvalue weighted by Crippen LogP contribution is -2.45. The predicted molar refractivity (Wildman–Crippen MR) is 137 cm³/mol. The molecular formula is C26H31N3O7S. The summed E-state index contributed by atoms with van der Waals surface area (Å²) in [7, 11) is -0.710. The number of amides is 1. The second-order valence-corrected chi connectivity index (χ2v) is 11.2. The van der Waals surface area contributed by atoms with E-state index in [1.54, 1.807) is 14.2 Å². The highest BCUT2D eigenvalue weighted by Crippen LogP contribution is 2.37. The van der Waals surface area contributed by atoms with Crippen molar-refractivity contribution in [3.63, 3.8) is 0 Å². The van der Waals surface area contributed by atoms with Gasteiger partial charge in [0.2, 0.25) is 15.9 Å². The number of benzene rings is 2. The van der Waals surface area contributed by atoms with Crippen LogP contribution in [0.2, 0.25) is 0 Å². The number of piperidine rings is 1. The van der Waals surface area contributed by atoms with Crippen molar-refractivity contribution in [3.8, 4) is 11.5 Å². The van der Waals surface area contributed by atoms with Crippen LogP contribution in [0.4, 0.5) is 0 Å². The van der Waals surface area contributed by atoms with E-state index >= 15 is 0 Å². The molecule has 198 valence electrons. The minimum absolute atomic E-state index is 0.0437. The van der Waals surface area contributed by atoms with Crippen molar-refractivity contribution in [2.75, 3.05) is 33.9 Å². The molecule has 0 radical (unpaired) electrons. The van der Waals surface area contributed by atoms with Crippen LogP contribution in [-0.4, -0.2) is 69.3 Å². The summed E-state index contributed by atoms with van der Waals surface area (Å²) in [5.74, 6) is -0.794. The van der Waals surface area contributed by atoms with Gasteiger partial charge in [-0.3, -0.25) is 14.6 Å². The Bertz CT molecular complexity index is 1320. The number of ether oxygens (including phenoxy) is 2. The van der Waals surface area contributed by atoms with Gasteiger partial charge in [0, 0.05) is 42.9 Å². The van der Waals surface area contributed by atoms with Crippen LogP contribution in [-0.2, 0) is 21.2 Å². The Balaban J connectivity index is 1.62. The first kappa shape index (κ1) is 26.6. The quantitative estimate of drug-likeness (QED) is 0.506. The monoisotopic (exact) mass is 529 g/mol. The molecule has 4 rings (SSSR count). The summed E-state index contributed by atoms with van der Waals surface area (Å²) in [5.41, 5.74) is 8.29. The number of aliphatic carboxylic acids is 1. The first-order chi connectivity index (χ1) is 17.6. The molecule has 0 aliphatic carbocycles. The van der Waals surface area contributed by atoms with E-state index in [9.17, 15) is 23.1 Å². The van der Waals surface area contributed by atoms with Crippen LogP contribution in [0.5, 0.6) is 11.5 Å². The molecule has 0 saturated carbocycles. The maximum absolute atomic E-state index is 13.4. The number of nitrogens with zero attached hydrogens (tertiary/aromatic N) is 2. The standard InChI is InChI=1S/C26H31N3O7S/c1-35-23-12-18-7-9-28-22(21(18)14-24(23)36-2)11-19-15-29(10-8-17(19)13-25(30)31)37(33,34)20-5-3-16(4-6-20)26(27)32/h3-6,12,14,17,19H,7-11,13,15H2,1-2H3,(H2,27,32)(H,30,31)/t17-,19-/m0/s1. The van der Waals surface area contributed by atoms with Gasteiger partial charge in [-0.2, -0.15) is 4.31 Å². The van der Waals surface area contributed by atoms with Gasteiger partial charge in [0.15, 0.2) is 11.5 Å². The number of carboxylic acid groups (broad SMARTS) is 1. The molecule has 2 aromatic carbocycles. The first-order valence-corrected chi connectivity index (χ1v) is 13.5. The molecule has 37 heavy (non-hydrogen) atoms. The van der Waals surface area contributed by atoms with Gasteiger partial charge in [-0.05, 0) is 73.1 Å². The van der Waals surface area contributed by atoms with Gasteiger partial charge in [0.05, 0.1) is 19.1 Å².